The van der Waals surface area contributed by atoms with Gasteiger partial charge in [0, 0.05) is 12.2 Å². The molecule has 2 rings (SSSR count). The van der Waals surface area contributed by atoms with Crippen molar-refractivity contribution in [3.8, 4) is 5.75 Å². The molecule has 2 amide bonds. The summed E-state index contributed by atoms with van der Waals surface area (Å²) >= 11 is 0. The fourth-order valence-corrected chi connectivity index (χ4v) is 2.18. The molecule has 0 saturated heterocycles. The van der Waals surface area contributed by atoms with E-state index in [-0.39, 0.29) is 11.8 Å². The fourth-order valence-electron chi connectivity index (χ4n) is 2.18. The lowest BCUT2D eigenvalue weighted by molar-refractivity contribution is 0.250. The largest absolute Gasteiger partial charge is 0.493 e. The molecular weight excluding hydrogens is 295 g/mol. The average Bonchev–Trinajstić information content (AvgIpc) is 2.52. The van der Waals surface area contributed by atoms with Crippen molar-refractivity contribution in [3.05, 3.63) is 59.4 Å². The van der Waals surface area contributed by atoms with Gasteiger partial charge in [0.25, 0.3) is 0 Å². The van der Waals surface area contributed by atoms with Crippen LogP contribution in [0.25, 0.3) is 0 Å². The lowest BCUT2D eigenvalue weighted by Gasteiger charge is -2.12. The highest BCUT2D eigenvalue weighted by molar-refractivity contribution is 5.89. The molecule has 0 atom stereocenters. The third kappa shape index (κ3) is 5.29. The fraction of sp³-hybridized carbons (Fsp3) is 0.278. The number of benzene rings is 2. The monoisotopic (exact) mass is 316 g/mol. The number of urea groups is 1. The Labute approximate surface area is 135 Å². The molecule has 5 heteroatoms. The van der Waals surface area contributed by atoms with Crippen LogP contribution in [0, 0.1) is 19.7 Å². The maximum Gasteiger partial charge on any atom is 0.319 e. The summed E-state index contributed by atoms with van der Waals surface area (Å²) in [4.78, 5) is 11.7. The Morgan fingerprint density at radius 2 is 1.74 bits per heavy atom. The molecule has 0 fully saturated rings. The van der Waals surface area contributed by atoms with Gasteiger partial charge in [-0.25, -0.2) is 9.18 Å². The van der Waals surface area contributed by atoms with Crippen LogP contribution in [0.1, 0.15) is 17.5 Å². The van der Waals surface area contributed by atoms with Crippen molar-refractivity contribution in [1.82, 2.24) is 5.32 Å². The van der Waals surface area contributed by atoms with Gasteiger partial charge in [-0.2, -0.15) is 0 Å². The second-order valence-corrected chi connectivity index (χ2v) is 5.31. The number of hydrogen-bond acceptors (Lipinski definition) is 2. The first kappa shape index (κ1) is 16.8. The maximum atomic E-state index is 12.8. The number of rotatable bonds is 6. The minimum atomic E-state index is -0.334. The van der Waals surface area contributed by atoms with E-state index in [1.807, 2.05) is 32.0 Å². The second-order valence-electron chi connectivity index (χ2n) is 5.31. The van der Waals surface area contributed by atoms with E-state index in [0.717, 1.165) is 16.9 Å². The first-order valence-electron chi connectivity index (χ1n) is 7.55. The average molecular weight is 316 g/mol. The molecule has 0 unspecified atom stereocenters. The van der Waals surface area contributed by atoms with Gasteiger partial charge in [-0.05, 0) is 55.7 Å². The standard InChI is InChI=1S/C18H21FN2O2/c1-13-5-3-6-14(2)17(13)23-12-4-11-20-18(22)21-16-9-7-15(19)8-10-16/h3,5-10H,4,11-12H2,1-2H3,(H2,20,21,22). The third-order valence-corrected chi connectivity index (χ3v) is 3.36. The maximum absolute atomic E-state index is 12.8. The van der Waals surface area contributed by atoms with Gasteiger partial charge in [0.15, 0.2) is 0 Å². The molecule has 0 saturated carbocycles. The molecule has 2 N–H and O–H groups in total. The molecule has 0 aliphatic carbocycles. The van der Waals surface area contributed by atoms with Crippen molar-refractivity contribution in [2.75, 3.05) is 18.5 Å². The molecule has 0 bridgehead atoms. The smallest absolute Gasteiger partial charge is 0.319 e. The van der Waals surface area contributed by atoms with Crippen LogP contribution in [-0.2, 0) is 0 Å². The van der Waals surface area contributed by atoms with Gasteiger partial charge in [0.2, 0.25) is 0 Å². The van der Waals surface area contributed by atoms with E-state index in [1.54, 1.807) is 0 Å². The molecule has 4 nitrogen and oxygen atoms in total. The zero-order chi connectivity index (χ0) is 16.7. The predicted octanol–water partition coefficient (Wildman–Crippen LogP) is 4.03. The number of aryl methyl sites for hydroxylation is 2. The van der Waals surface area contributed by atoms with Crippen molar-refractivity contribution in [1.29, 1.82) is 0 Å². The van der Waals surface area contributed by atoms with Crippen LogP contribution < -0.4 is 15.4 Å². The van der Waals surface area contributed by atoms with E-state index in [9.17, 15) is 9.18 Å². The number of anilines is 1. The molecule has 0 heterocycles. The number of carbonyl (C=O) groups is 1. The lowest BCUT2D eigenvalue weighted by Crippen LogP contribution is -2.30. The van der Waals surface area contributed by atoms with Gasteiger partial charge in [0.05, 0.1) is 6.61 Å². The Kier molecular flexibility index (Phi) is 5.97. The summed E-state index contributed by atoms with van der Waals surface area (Å²) in [6, 6.07) is 11.3. The Morgan fingerprint density at radius 3 is 2.39 bits per heavy atom. The van der Waals surface area contributed by atoms with Crippen molar-refractivity contribution in [3.63, 3.8) is 0 Å². The van der Waals surface area contributed by atoms with Crippen LogP contribution in [0.15, 0.2) is 42.5 Å². The molecule has 2 aromatic carbocycles. The Bertz CT molecular complexity index is 636. The highest BCUT2D eigenvalue weighted by atomic mass is 19.1. The number of ether oxygens (including phenoxy) is 1. The number of amides is 2. The Morgan fingerprint density at radius 1 is 1.09 bits per heavy atom. The van der Waals surface area contributed by atoms with E-state index >= 15 is 0 Å². The van der Waals surface area contributed by atoms with Crippen molar-refractivity contribution in [2.24, 2.45) is 0 Å². The zero-order valence-corrected chi connectivity index (χ0v) is 13.4. The van der Waals surface area contributed by atoms with Crippen LogP contribution in [0.2, 0.25) is 0 Å². The van der Waals surface area contributed by atoms with Gasteiger partial charge in [-0.1, -0.05) is 18.2 Å². The van der Waals surface area contributed by atoms with Crippen LogP contribution in [0.4, 0.5) is 14.9 Å². The Hall–Kier alpha value is -2.56. The number of para-hydroxylation sites is 1. The molecule has 2 aromatic rings. The second kappa shape index (κ2) is 8.17. The Balaban J connectivity index is 1.67. The quantitative estimate of drug-likeness (QED) is 0.790. The number of nitrogens with one attached hydrogen (secondary N) is 2. The number of carbonyl (C=O) groups excluding carboxylic acids is 1. The lowest BCUT2D eigenvalue weighted by atomic mass is 10.1. The summed E-state index contributed by atoms with van der Waals surface area (Å²) in [6.07, 6.45) is 0.699. The van der Waals surface area contributed by atoms with E-state index < -0.39 is 0 Å². The van der Waals surface area contributed by atoms with Crippen LogP contribution in [0.5, 0.6) is 5.75 Å². The summed E-state index contributed by atoms with van der Waals surface area (Å²) in [5.74, 6) is 0.572. The minimum absolute atomic E-state index is 0.316. The number of halogens is 1. The van der Waals surface area contributed by atoms with E-state index in [2.05, 4.69) is 10.6 Å². The summed E-state index contributed by atoms with van der Waals surface area (Å²) in [5.41, 5.74) is 2.76. The van der Waals surface area contributed by atoms with Crippen LogP contribution in [0.3, 0.4) is 0 Å². The summed E-state index contributed by atoms with van der Waals surface area (Å²) < 4.78 is 18.5. The molecule has 122 valence electrons. The topological polar surface area (TPSA) is 50.4 Å². The SMILES string of the molecule is Cc1cccc(C)c1OCCCNC(=O)Nc1ccc(F)cc1. The zero-order valence-electron chi connectivity index (χ0n) is 13.4. The predicted molar refractivity (Wildman–Crippen MR) is 89.4 cm³/mol. The normalized spacial score (nSPS) is 10.2. The summed E-state index contributed by atoms with van der Waals surface area (Å²) in [5, 5.41) is 5.38. The van der Waals surface area contributed by atoms with Crippen molar-refractivity contribution < 1.29 is 13.9 Å². The molecule has 0 radical (unpaired) electrons. The molecule has 23 heavy (non-hydrogen) atoms. The first-order chi connectivity index (χ1) is 11.1. The van der Waals surface area contributed by atoms with Gasteiger partial charge in [0.1, 0.15) is 11.6 Å². The summed E-state index contributed by atoms with van der Waals surface area (Å²) in [7, 11) is 0. The molecule has 0 spiro atoms. The third-order valence-electron chi connectivity index (χ3n) is 3.36. The van der Waals surface area contributed by atoms with E-state index in [1.165, 1.54) is 24.3 Å². The van der Waals surface area contributed by atoms with E-state index in [4.69, 9.17) is 4.74 Å². The van der Waals surface area contributed by atoms with Gasteiger partial charge in [-0.15, -0.1) is 0 Å². The first-order valence-corrected chi connectivity index (χ1v) is 7.55. The number of hydrogen-bond donors (Lipinski definition) is 2. The van der Waals surface area contributed by atoms with Crippen LogP contribution >= 0.6 is 0 Å². The van der Waals surface area contributed by atoms with Gasteiger partial charge >= 0.3 is 6.03 Å². The highest BCUT2D eigenvalue weighted by Crippen LogP contribution is 2.22. The molecular formula is C18H21FN2O2. The van der Waals surface area contributed by atoms with Gasteiger partial charge < -0.3 is 15.4 Å². The van der Waals surface area contributed by atoms with E-state index in [0.29, 0.717) is 25.3 Å². The minimum Gasteiger partial charge on any atom is -0.493 e. The highest BCUT2D eigenvalue weighted by Gasteiger charge is 2.04. The molecule has 0 aliphatic heterocycles. The van der Waals surface area contributed by atoms with Crippen LogP contribution in [-0.4, -0.2) is 19.2 Å². The van der Waals surface area contributed by atoms with Gasteiger partial charge in [-0.3, -0.25) is 0 Å². The van der Waals surface area contributed by atoms with Crippen molar-refractivity contribution in [2.45, 2.75) is 20.3 Å². The molecule has 0 aromatic heterocycles. The summed E-state index contributed by atoms with van der Waals surface area (Å²) in [6.45, 7) is 5.05. The molecule has 0 aliphatic rings. The van der Waals surface area contributed by atoms with Crippen molar-refractivity contribution >= 4 is 11.7 Å².